The molecule has 0 bridgehead atoms. The third-order valence-corrected chi connectivity index (χ3v) is 4.34. The fourth-order valence-electron chi connectivity index (χ4n) is 3.23. The summed E-state index contributed by atoms with van der Waals surface area (Å²) in [5.41, 5.74) is 0. The molecule has 2 rings (SSSR count). The van der Waals surface area contributed by atoms with Crippen molar-refractivity contribution in [2.24, 2.45) is 11.8 Å². The van der Waals surface area contributed by atoms with Crippen LogP contribution in [-0.2, 0) is 9.59 Å². The molecule has 1 saturated heterocycles. The fourth-order valence-corrected chi connectivity index (χ4v) is 3.23. The number of carboxylic acids is 1. The maximum Gasteiger partial charge on any atom is 0.326 e. The molecule has 1 amide bonds. The average molecular weight is 268 g/mol. The Balaban J connectivity index is 1.84. The number of hydrogen-bond acceptors (Lipinski definition) is 3. The Labute approximate surface area is 114 Å². The normalized spacial score (nSPS) is 26.0. The predicted octanol–water partition coefficient (Wildman–Crippen LogP) is 1.14. The summed E-state index contributed by atoms with van der Waals surface area (Å²) >= 11 is 0. The molecule has 1 aliphatic carbocycles. The molecule has 0 aromatic rings. The lowest BCUT2D eigenvalue weighted by molar-refractivity contribution is -0.144. The van der Waals surface area contributed by atoms with Crippen LogP contribution in [0.5, 0.6) is 0 Å². The van der Waals surface area contributed by atoms with E-state index < -0.39 is 12.0 Å². The lowest BCUT2D eigenvalue weighted by atomic mass is 9.83. The smallest absolute Gasteiger partial charge is 0.326 e. The molecule has 108 valence electrons. The van der Waals surface area contributed by atoms with Crippen LogP contribution in [0, 0.1) is 11.8 Å². The van der Waals surface area contributed by atoms with Crippen molar-refractivity contribution in [3.8, 4) is 0 Å². The van der Waals surface area contributed by atoms with E-state index in [2.05, 4.69) is 10.6 Å². The molecule has 0 aromatic carbocycles. The second-order valence-corrected chi connectivity index (χ2v) is 5.84. The number of hydrogen-bond donors (Lipinski definition) is 3. The number of carboxylic acid groups (broad SMARTS) is 1. The van der Waals surface area contributed by atoms with Crippen LogP contribution in [0.4, 0.5) is 0 Å². The first kappa shape index (κ1) is 14.3. The molecule has 2 atom stereocenters. The summed E-state index contributed by atoms with van der Waals surface area (Å²) in [6, 6.07) is -0.692. The van der Waals surface area contributed by atoms with E-state index >= 15 is 0 Å². The van der Waals surface area contributed by atoms with Crippen LogP contribution >= 0.6 is 0 Å². The number of amides is 1. The number of nitrogens with one attached hydrogen (secondary N) is 2. The summed E-state index contributed by atoms with van der Waals surface area (Å²) in [5, 5.41) is 15.3. The van der Waals surface area contributed by atoms with E-state index in [0.29, 0.717) is 12.3 Å². The molecule has 0 radical (unpaired) electrons. The number of carbonyl (C=O) groups excluding carboxylic acids is 1. The highest BCUT2D eigenvalue weighted by molar-refractivity contribution is 5.83. The second-order valence-electron chi connectivity index (χ2n) is 5.84. The Morgan fingerprint density at radius 3 is 2.53 bits per heavy atom. The van der Waals surface area contributed by atoms with Gasteiger partial charge in [0.25, 0.3) is 0 Å². The van der Waals surface area contributed by atoms with Gasteiger partial charge in [-0.05, 0) is 44.2 Å². The van der Waals surface area contributed by atoms with Crippen molar-refractivity contribution in [1.82, 2.24) is 10.6 Å². The zero-order valence-corrected chi connectivity index (χ0v) is 11.4. The maximum absolute atomic E-state index is 12.0. The molecule has 5 nitrogen and oxygen atoms in total. The van der Waals surface area contributed by atoms with Crippen LogP contribution < -0.4 is 10.6 Å². The fraction of sp³-hybridized carbons (Fsp3) is 0.857. The first-order valence-electron chi connectivity index (χ1n) is 7.39. The van der Waals surface area contributed by atoms with Crippen molar-refractivity contribution < 1.29 is 14.7 Å². The molecular formula is C14H24N2O3. The summed E-state index contributed by atoms with van der Waals surface area (Å²) in [6.45, 7) is 1.83. The zero-order chi connectivity index (χ0) is 13.7. The summed E-state index contributed by atoms with van der Waals surface area (Å²) in [5.74, 6) is -0.519. The first-order valence-corrected chi connectivity index (χ1v) is 7.39. The lowest BCUT2D eigenvalue weighted by Crippen LogP contribution is -2.47. The molecule has 1 saturated carbocycles. The van der Waals surface area contributed by atoms with Gasteiger partial charge in [-0.2, -0.15) is 0 Å². The first-order chi connectivity index (χ1) is 9.16. The zero-order valence-electron chi connectivity index (χ0n) is 11.4. The Morgan fingerprint density at radius 2 is 1.95 bits per heavy atom. The maximum atomic E-state index is 12.0. The molecule has 3 N–H and O–H groups in total. The van der Waals surface area contributed by atoms with E-state index in [-0.39, 0.29) is 11.8 Å². The minimum absolute atomic E-state index is 0.105. The van der Waals surface area contributed by atoms with E-state index in [9.17, 15) is 14.7 Å². The second kappa shape index (κ2) is 6.89. The highest BCUT2D eigenvalue weighted by Crippen LogP contribution is 2.27. The Bertz CT molecular complexity index is 321. The standard InChI is InChI=1S/C14H24N2O3/c17-12(8-10-6-7-15-9-10)16-13(14(18)19)11-4-2-1-3-5-11/h10-11,13,15H,1-9H2,(H,16,17)(H,18,19). The van der Waals surface area contributed by atoms with Gasteiger partial charge in [0.1, 0.15) is 6.04 Å². The van der Waals surface area contributed by atoms with Gasteiger partial charge in [-0.1, -0.05) is 19.3 Å². The summed E-state index contributed by atoms with van der Waals surface area (Å²) in [4.78, 5) is 23.3. The third-order valence-electron chi connectivity index (χ3n) is 4.34. The monoisotopic (exact) mass is 268 g/mol. The van der Waals surface area contributed by atoms with E-state index in [0.717, 1.165) is 45.2 Å². The van der Waals surface area contributed by atoms with Crippen LogP contribution in [0.2, 0.25) is 0 Å². The SMILES string of the molecule is O=C(CC1CCNC1)NC(C(=O)O)C1CCCCC1. The lowest BCUT2D eigenvalue weighted by Gasteiger charge is -2.28. The topological polar surface area (TPSA) is 78.4 Å². The number of aliphatic carboxylic acids is 1. The van der Waals surface area contributed by atoms with E-state index in [4.69, 9.17) is 0 Å². The molecule has 19 heavy (non-hydrogen) atoms. The number of rotatable bonds is 5. The third kappa shape index (κ3) is 4.20. The predicted molar refractivity (Wildman–Crippen MR) is 71.7 cm³/mol. The molecular weight excluding hydrogens is 244 g/mol. The van der Waals surface area contributed by atoms with Crippen LogP contribution in [0.15, 0.2) is 0 Å². The highest BCUT2D eigenvalue weighted by Gasteiger charge is 2.31. The molecule has 1 aliphatic heterocycles. The van der Waals surface area contributed by atoms with Crippen molar-refractivity contribution in [1.29, 1.82) is 0 Å². The molecule has 0 spiro atoms. The number of carbonyl (C=O) groups is 2. The van der Waals surface area contributed by atoms with Crippen molar-refractivity contribution in [2.75, 3.05) is 13.1 Å². The molecule has 5 heteroatoms. The summed E-state index contributed by atoms with van der Waals surface area (Å²) in [7, 11) is 0. The van der Waals surface area contributed by atoms with Crippen LogP contribution in [0.1, 0.15) is 44.9 Å². The minimum atomic E-state index is -0.884. The Kier molecular flexibility index (Phi) is 5.19. The van der Waals surface area contributed by atoms with Gasteiger partial charge in [-0.3, -0.25) is 4.79 Å². The van der Waals surface area contributed by atoms with Crippen molar-refractivity contribution in [2.45, 2.75) is 51.0 Å². The molecule has 1 heterocycles. The summed E-state index contributed by atoms with van der Waals surface area (Å²) in [6.07, 6.45) is 6.64. The van der Waals surface area contributed by atoms with Crippen molar-refractivity contribution in [3.05, 3.63) is 0 Å². The van der Waals surface area contributed by atoms with Gasteiger partial charge in [0.15, 0.2) is 0 Å². The Morgan fingerprint density at radius 1 is 1.21 bits per heavy atom. The van der Waals surface area contributed by atoms with E-state index in [1.807, 2.05) is 0 Å². The van der Waals surface area contributed by atoms with E-state index in [1.54, 1.807) is 0 Å². The van der Waals surface area contributed by atoms with Crippen molar-refractivity contribution >= 4 is 11.9 Å². The Hall–Kier alpha value is -1.10. The average Bonchev–Trinajstić information content (AvgIpc) is 2.89. The summed E-state index contributed by atoms with van der Waals surface area (Å²) < 4.78 is 0. The minimum Gasteiger partial charge on any atom is -0.480 e. The van der Waals surface area contributed by atoms with Gasteiger partial charge < -0.3 is 15.7 Å². The quantitative estimate of drug-likeness (QED) is 0.698. The van der Waals surface area contributed by atoms with Crippen LogP contribution in [0.3, 0.4) is 0 Å². The largest absolute Gasteiger partial charge is 0.480 e. The van der Waals surface area contributed by atoms with Crippen molar-refractivity contribution in [3.63, 3.8) is 0 Å². The van der Waals surface area contributed by atoms with Crippen LogP contribution in [-0.4, -0.2) is 36.1 Å². The van der Waals surface area contributed by atoms with Gasteiger partial charge >= 0.3 is 5.97 Å². The molecule has 2 fully saturated rings. The van der Waals surface area contributed by atoms with Gasteiger partial charge in [0.05, 0.1) is 0 Å². The van der Waals surface area contributed by atoms with Gasteiger partial charge in [0, 0.05) is 6.42 Å². The van der Waals surface area contributed by atoms with Gasteiger partial charge in [-0.15, -0.1) is 0 Å². The van der Waals surface area contributed by atoms with E-state index in [1.165, 1.54) is 6.42 Å². The van der Waals surface area contributed by atoms with Gasteiger partial charge in [0.2, 0.25) is 5.91 Å². The molecule has 2 unspecified atom stereocenters. The van der Waals surface area contributed by atoms with Gasteiger partial charge in [-0.25, -0.2) is 4.79 Å². The van der Waals surface area contributed by atoms with Crippen LogP contribution in [0.25, 0.3) is 0 Å². The molecule has 0 aromatic heterocycles. The molecule has 2 aliphatic rings. The highest BCUT2D eigenvalue weighted by atomic mass is 16.4.